The molecule has 1 rings (SSSR count). The third-order valence-electron chi connectivity index (χ3n) is 4.99. The van der Waals surface area contributed by atoms with Crippen LogP contribution in [0.5, 0.6) is 0 Å². The highest BCUT2D eigenvalue weighted by Crippen LogP contribution is 2.05. The van der Waals surface area contributed by atoms with Gasteiger partial charge in [-0.05, 0) is 32.1 Å². The van der Waals surface area contributed by atoms with Gasteiger partial charge in [-0.3, -0.25) is 19.4 Å². The monoisotopic (exact) mass is 495 g/mol. The van der Waals surface area contributed by atoms with Crippen LogP contribution in [0.3, 0.4) is 0 Å². The molecule has 14 heteroatoms. The number of hydrogen-bond donors (Lipinski definition) is 8. The molecule has 4 unspecified atom stereocenters. The van der Waals surface area contributed by atoms with E-state index in [1.807, 2.05) is 13.8 Å². The number of rotatable bonds is 15. The average molecular weight is 496 g/mol. The molecule has 196 valence electrons. The molecule has 0 aliphatic heterocycles. The fraction of sp³-hybridized carbons (Fsp3) is 0.619. The van der Waals surface area contributed by atoms with E-state index in [-0.39, 0.29) is 31.3 Å². The van der Waals surface area contributed by atoms with Crippen molar-refractivity contribution < 1.29 is 24.3 Å². The van der Waals surface area contributed by atoms with Gasteiger partial charge in [-0.2, -0.15) is 0 Å². The summed E-state index contributed by atoms with van der Waals surface area (Å²) in [7, 11) is 0. The van der Waals surface area contributed by atoms with E-state index in [1.54, 1.807) is 0 Å². The van der Waals surface area contributed by atoms with E-state index in [0.717, 1.165) is 0 Å². The molecule has 14 nitrogen and oxygen atoms in total. The molecule has 0 aromatic carbocycles. The summed E-state index contributed by atoms with van der Waals surface area (Å²) in [6, 6.07) is -4.10. The number of imidazole rings is 1. The molecular weight excluding hydrogens is 458 g/mol. The first-order valence-electron chi connectivity index (χ1n) is 11.3. The largest absolute Gasteiger partial charge is 0.480 e. The summed E-state index contributed by atoms with van der Waals surface area (Å²) in [4.78, 5) is 60.0. The number of amides is 3. The van der Waals surface area contributed by atoms with Crippen LogP contribution in [0.25, 0.3) is 0 Å². The summed E-state index contributed by atoms with van der Waals surface area (Å²) < 4.78 is 0. The second-order valence-electron chi connectivity index (χ2n) is 8.66. The number of carbonyl (C=O) groups is 4. The zero-order valence-corrected chi connectivity index (χ0v) is 20.3. The van der Waals surface area contributed by atoms with Gasteiger partial charge in [-0.25, -0.2) is 9.78 Å². The maximum Gasteiger partial charge on any atom is 0.326 e. The molecule has 0 fully saturated rings. The third kappa shape index (κ3) is 11.3. The molecule has 1 heterocycles. The SMILES string of the molecule is CC(C)CC(N)C(=O)NC(C)C(=O)NC(CCCN=C(N)N)C(=O)NC(Cc1cnc[nH]1)C(=O)O. The number of aromatic amines is 1. The highest BCUT2D eigenvalue weighted by atomic mass is 16.4. The standard InChI is InChI=1S/C21H37N9O5/c1-11(2)7-14(22)18(32)28-12(3)17(31)29-15(5-4-6-26-21(23)24)19(33)30-16(20(34)35)8-13-9-25-10-27-13/h9-12,14-16H,4-8,22H2,1-3H3,(H,25,27)(H,28,32)(H,29,31)(H,30,33)(H,34,35)(H4,23,24,26). The minimum Gasteiger partial charge on any atom is -0.480 e. The molecule has 35 heavy (non-hydrogen) atoms. The fourth-order valence-electron chi connectivity index (χ4n) is 3.16. The maximum absolute atomic E-state index is 12.9. The number of hydrogen-bond acceptors (Lipinski definition) is 7. The van der Waals surface area contributed by atoms with Gasteiger partial charge in [0, 0.05) is 24.9 Å². The van der Waals surface area contributed by atoms with Crippen molar-refractivity contribution in [1.82, 2.24) is 25.9 Å². The number of nitrogens with one attached hydrogen (secondary N) is 4. The quantitative estimate of drug-likeness (QED) is 0.0756. The van der Waals surface area contributed by atoms with Gasteiger partial charge in [0.1, 0.15) is 18.1 Å². The Hall–Kier alpha value is -3.68. The van der Waals surface area contributed by atoms with Crippen LogP contribution in [0.15, 0.2) is 17.5 Å². The van der Waals surface area contributed by atoms with Gasteiger partial charge in [0.15, 0.2) is 5.96 Å². The topological polar surface area (TPSA) is 244 Å². The zero-order chi connectivity index (χ0) is 26.5. The highest BCUT2D eigenvalue weighted by Gasteiger charge is 2.29. The van der Waals surface area contributed by atoms with Crippen molar-refractivity contribution in [2.75, 3.05) is 6.54 Å². The van der Waals surface area contributed by atoms with E-state index in [2.05, 4.69) is 30.9 Å². The first-order valence-corrected chi connectivity index (χ1v) is 11.3. The second kappa shape index (κ2) is 14.6. The number of aliphatic carboxylic acids is 1. The summed E-state index contributed by atoms with van der Waals surface area (Å²) >= 11 is 0. The van der Waals surface area contributed by atoms with E-state index in [9.17, 15) is 24.3 Å². The van der Waals surface area contributed by atoms with Gasteiger partial charge >= 0.3 is 5.97 Å². The summed E-state index contributed by atoms with van der Waals surface area (Å²) in [6.07, 6.45) is 3.71. The number of nitrogens with two attached hydrogens (primary N) is 3. The molecule has 0 saturated carbocycles. The number of H-pyrrole nitrogens is 1. The molecule has 3 amide bonds. The van der Waals surface area contributed by atoms with Crippen LogP contribution < -0.4 is 33.2 Å². The lowest BCUT2D eigenvalue weighted by molar-refractivity contribution is -0.142. The van der Waals surface area contributed by atoms with Gasteiger partial charge in [-0.1, -0.05) is 13.8 Å². The van der Waals surface area contributed by atoms with E-state index >= 15 is 0 Å². The van der Waals surface area contributed by atoms with Gasteiger partial charge < -0.3 is 43.2 Å². The van der Waals surface area contributed by atoms with E-state index in [0.29, 0.717) is 18.5 Å². The van der Waals surface area contributed by atoms with Crippen molar-refractivity contribution in [3.63, 3.8) is 0 Å². The Bertz CT molecular complexity index is 869. The van der Waals surface area contributed by atoms with Crippen LogP contribution >= 0.6 is 0 Å². The summed E-state index contributed by atoms with van der Waals surface area (Å²) in [6.45, 7) is 5.51. The molecule has 0 aliphatic rings. The van der Waals surface area contributed by atoms with Crippen molar-refractivity contribution >= 4 is 29.7 Å². The molecule has 1 aromatic rings. The lowest BCUT2D eigenvalue weighted by atomic mass is 10.0. The van der Waals surface area contributed by atoms with Crippen molar-refractivity contribution in [2.24, 2.45) is 28.1 Å². The molecule has 0 saturated heterocycles. The summed E-state index contributed by atoms with van der Waals surface area (Å²) in [5, 5.41) is 17.1. The minimum atomic E-state index is -1.26. The minimum absolute atomic E-state index is 0.0318. The number of carboxylic acids is 1. The number of aliphatic imine (C=N–C) groups is 1. The van der Waals surface area contributed by atoms with Gasteiger partial charge in [0.05, 0.1) is 12.4 Å². The molecule has 0 bridgehead atoms. The summed E-state index contributed by atoms with van der Waals surface area (Å²) in [5.74, 6) is -2.99. The third-order valence-corrected chi connectivity index (χ3v) is 4.99. The zero-order valence-electron chi connectivity index (χ0n) is 20.3. The number of nitrogens with zero attached hydrogens (tertiary/aromatic N) is 2. The lowest BCUT2D eigenvalue weighted by Crippen LogP contribution is -2.56. The predicted molar refractivity (Wildman–Crippen MR) is 129 cm³/mol. The first-order chi connectivity index (χ1) is 16.4. The average Bonchev–Trinajstić information content (AvgIpc) is 3.27. The number of carboxylic acid groups (broad SMARTS) is 1. The van der Waals surface area contributed by atoms with Crippen molar-refractivity contribution in [3.8, 4) is 0 Å². The van der Waals surface area contributed by atoms with Crippen LogP contribution in [-0.2, 0) is 25.6 Å². The van der Waals surface area contributed by atoms with Gasteiger partial charge in [0.25, 0.3) is 0 Å². The first kappa shape index (κ1) is 29.4. The second-order valence-corrected chi connectivity index (χ2v) is 8.66. The van der Waals surface area contributed by atoms with Crippen molar-refractivity contribution in [2.45, 2.75) is 70.6 Å². The number of carbonyl (C=O) groups excluding carboxylic acids is 3. The van der Waals surface area contributed by atoms with Crippen LogP contribution in [-0.4, -0.2) is 75.4 Å². The highest BCUT2D eigenvalue weighted by molar-refractivity contribution is 5.93. The molecule has 0 aliphatic carbocycles. The van der Waals surface area contributed by atoms with Crippen molar-refractivity contribution in [3.05, 3.63) is 18.2 Å². The van der Waals surface area contributed by atoms with Crippen LogP contribution in [0.2, 0.25) is 0 Å². The molecule has 4 atom stereocenters. The molecule has 0 spiro atoms. The van der Waals surface area contributed by atoms with Gasteiger partial charge in [0.2, 0.25) is 17.7 Å². The molecule has 1 aromatic heterocycles. The van der Waals surface area contributed by atoms with Crippen LogP contribution in [0.1, 0.15) is 45.7 Å². The Morgan fingerprint density at radius 1 is 1.06 bits per heavy atom. The van der Waals surface area contributed by atoms with Gasteiger partial charge in [-0.15, -0.1) is 0 Å². The Morgan fingerprint density at radius 2 is 1.71 bits per heavy atom. The number of guanidine groups is 1. The van der Waals surface area contributed by atoms with Crippen LogP contribution in [0.4, 0.5) is 0 Å². The molecule has 11 N–H and O–H groups in total. The van der Waals surface area contributed by atoms with Crippen molar-refractivity contribution in [1.29, 1.82) is 0 Å². The van der Waals surface area contributed by atoms with E-state index in [4.69, 9.17) is 17.2 Å². The fourth-order valence-corrected chi connectivity index (χ4v) is 3.16. The Labute approximate surface area is 203 Å². The van der Waals surface area contributed by atoms with E-state index in [1.165, 1.54) is 19.4 Å². The Balaban J connectivity index is 2.86. The molecular formula is C21H37N9O5. The number of aromatic nitrogens is 2. The lowest BCUT2D eigenvalue weighted by Gasteiger charge is -2.24. The summed E-state index contributed by atoms with van der Waals surface area (Å²) in [5.41, 5.74) is 17.0. The van der Waals surface area contributed by atoms with Crippen LogP contribution in [0, 0.1) is 5.92 Å². The normalized spacial score (nSPS) is 14.3. The van der Waals surface area contributed by atoms with E-state index < -0.39 is 47.9 Å². The molecule has 0 radical (unpaired) electrons. The maximum atomic E-state index is 12.9. The predicted octanol–water partition coefficient (Wildman–Crippen LogP) is -2.06. The smallest absolute Gasteiger partial charge is 0.326 e. The Morgan fingerprint density at radius 3 is 2.26 bits per heavy atom. The Kier molecular flexibility index (Phi) is 12.2.